The van der Waals surface area contributed by atoms with Crippen molar-refractivity contribution in [3.05, 3.63) is 48.0 Å². The predicted molar refractivity (Wildman–Crippen MR) is 137 cm³/mol. The molecule has 1 unspecified atom stereocenters. The van der Waals surface area contributed by atoms with Crippen LogP contribution in [0.2, 0.25) is 0 Å². The highest BCUT2D eigenvalue weighted by molar-refractivity contribution is 6.31. The molecule has 0 saturated carbocycles. The SMILES string of the molecule is COc1cc2c(cc1OC)C(=CC(C)Nc1ccc(N(CCCN(C)C)C(C)=O)cc1)C(=O)N2. The highest BCUT2D eigenvalue weighted by Gasteiger charge is 2.27. The number of hydrogen-bond acceptors (Lipinski definition) is 6. The van der Waals surface area contributed by atoms with E-state index in [0.717, 1.165) is 29.9 Å². The summed E-state index contributed by atoms with van der Waals surface area (Å²) in [7, 11) is 7.18. The van der Waals surface area contributed by atoms with E-state index in [1.807, 2.05) is 57.4 Å². The van der Waals surface area contributed by atoms with Crippen LogP contribution in [0.5, 0.6) is 11.5 Å². The van der Waals surface area contributed by atoms with Crippen molar-refractivity contribution < 1.29 is 19.1 Å². The molecule has 2 amide bonds. The summed E-state index contributed by atoms with van der Waals surface area (Å²) in [6.45, 7) is 5.16. The number of nitrogens with zero attached hydrogens (tertiary/aromatic N) is 2. The van der Waals surface area contributed by atoms with E-state index in [4.69, 9.17) is 9.47 Å². The van der Waals surface area contributed by atoms with Crippen molar-refractivity contribution in [3.63, 3.8) is 0 Å². The number of hydrogen-bond donors (Lipinski definition) is 2. The van der Waals surface area contributed by atoms with E-state index >= 15 is 0 Å². The third kappa shape index (κ3) is 5.88. The van der Waals surface area contributed by atoms with Crippen molar-refractivity contribution in [1.82, 2.24) is 4.90 Å². The van der Waals surface area contributed by atoms with E-state index < -0.39 is 0 Å². The summed E-state index contributed by atoms with van der Waals surface area (Å²) in [5, 5.41) is 6.29. The van der Waals surface area contributed by atoms with Crippen molar-refractivity contribution in [1.29, 1.82) is 0 Å². The van der Waals surface area contributed by atoms with Crippen LogP contribution in [0.15, 0.2) is 42.5 Å². The van der Waals surface area contributed by atoms with Crippen LogP contribution in [0.25, 0.3) is 5.57 Å². The minimum atomic E-state index is -0.163. The zero-order chi connectivity index (χ0) is 24.8. The molecule has 1 aliphatic heterocycles. The standard InChI is InChI=1S/C26H34N4O4/c1-17(14-22-21-15-24(33-5)25(34-6)16-23(21)28-26(22)32)27-19-8-10-20(11-9-19)30(18(2)31)13-7-12-29(3)4/h8-11,14-17,27H,7,12-13H2,1-6H3,(H,28,32). The molecule has 1 aliphatic rings. The average Bonchev–Trinajstić information content (AvgIpc) is 3.09. The molecule has 182 valence electrons. The highest BCUT2D eigenvalue weighted by atomic mass is 16.5. The molecule has 0 saturated heterocycles. The molecule has 1 heterocycles. The molecule has 0 spiro atoms. The van der Waals surface area contributed by atoms with Crippen LogP contribution in [0.4, 0.5) is 17.1 Å². The van der Waals surface area contributed by atoms with E-state index in [0.29, 0.717) is 29.3 Å². The number of fused-ring (bicyclic) bond motifs is 1. The molecular weight excluding hydrogens is 432 g/mol. The molecule has 1 atom stereocenters. The van der Waals surface area contributed by atoms with E-state index in [2.05, 4.69) is 15.5 Å². The molecule has 2 N–H and O–H groups in total. The Kier molecular flexibility index (Phi) is 8.17. The maximum Gasteiger partial charge on any atom is 0.256 e. The number of nitrogens with one attached hydrogen (secondary N) is 2. The quantitative estimate of drug-likeness (QED) is 0.518. The second kappa shape index (κ2) is 11.1. The number of ether oxygens (including phenoxy) is 2. The van der Waals surface area contributed by atoms with Gasteiger partial charge in [0.25, 0.3) is 5.91 Å². The molecular formula is C26H34N4O4. The zero-order valence-corrected chi connectivity index (χ0v) is 20.8. The maximum atomic E-state index is 12.6. The fraction of sp³-hybridized carbons (Fsp3) is 0.385. The van der Waals surface area contributed by atoms with Crippen LogP contribution in [-0.2, 0) is 9.59 Å². The van der Waals surface area contributed by atoms with Crippen LogP contribution < -0.4 is 25.0 Å². The predicted octanol–water partition coefficient (Wildman–Crippen LogP) is 3.84. The number of carbonyl (C=O) groups is 2. The van der Waals surface area contributed by atoms with Gasteiger partial charge in [0.15, 0.2) is 11.5 Å². The monoisotopic (exact) mass is 466 g/mol. The first-order valence-electron chi connectivity index (χ1n) is 11.3. The Hall–Kier alpha value is -3.52. The molecule has 0 fully saturated rings. The first kappa shape index (κ1) is 25.1. The Labute approximate surface area is 201 Å². The van der Waals surface area contributed by atoms with Gasteiger partial charge in [0.2, 0.25) is 5.91 Å². The molecule has 2 aromatic carbocycles. The summed E-state index contributed by atoms with van der Waals surface area (Å²) in [6.07, 6.45) is 2.79. The lowest BCUT2D eigenvalue weighted by Gasteiger charge is -2.23. The summed E-state index contributed by atoms with van der Waals surface area (Å²) in [5.74, 6) is 0.996. The zero-order valence-electron chi connectivity index (χ0n) is 20.8. The van der Waals surface area contributed by atoms with Crippen molar-refractivity contribution in [2.75, 3.05) is 56.9 Å². The molecule has 0 radical (unpaired) electrons. The van der Waals surface area contributed by atoms with Crippen molar-refractivity contribution in [2.24, 2.45) is 0 Å². The smallest absolute Gasteiger partial charge is 0.256 e. The fourth-order valence-electron chi connectivity index (χ4n) is 3.99. The van der Waals surface area contributed by atoms with Gasteiger partial charge in [0, 0.05) is 48.1 Å². The van der Waals surface area contributed by atoms with Gasteiger partial charge < -0.3 is 29.9 Å². The van der Waals surface area contributed by atoms with Gasteiger partial charge in [0.1, 0.15) is 0 Å². The maximum absolute atomic E-state index is 12.6. The lowest BCUT2D eigenvalue weighted by molar-refractivity contribution is -0.116. The largest absolute Gasteiger partial charge is 0.493 e. The Bertz CT molecular complexity index is 1060. The first-order chi connectivity index (χ1) is 16.2. The van der Waals surface area contributed by atoms with Gasteiger partial charge in [-0.05, 0) is 70.4 Å². The van der Waals surface area contributed by atoms with Gasteiger partial charge in [-0.25, -0.2) is 0 Å². The van der Waals surface area contributed by atoms with Crippen LogP contribution in [0.1, 0.15) is 25.8 Å². The molecule has 8 nitrogen and oxygen atoms in total. The normalized spacial score (nSPS) is 14.6. The summed E-state index contributed by atoms with van der Waals surface area (Å²) in [5.41, 5.74) is 3.82. The summed E-state index contributed by atoms with van der Waals surface area (Å²) >= 11 is 0. The lowest BCUT2D eigenvalue weighted by Crippen LogP contribution is -2.31. The summed E-state index contributed by atoms with van der Waals surface area (Å²) < 4.78 is 10.7. The summed E-state index contributed by atoms with van der Waals surface area (Å²) in [4.78, 5) is 28.6. The number of benzene rings is 2. The van der Waals surface area contributed by atoms with Gasteiger partial charge in [-0.1, -0.05) is 0 Å². The third-order valence-corrected chi connectivity index (χ3v) is 5.66. The molecule has 0 aromatic heterocycles. The molecule has 0 aliphatic carbocycles. The van der Waals surface area contributed by atoms with Gasteiger partial charge >= 0.3 is 0 Å². The van der Waals surface area contributed by atoms with Crippen LogP contribution in [0, 0.1) is 0 Å². The van der Waals surface area contributed by atoms with Crippen molar-refractivity contribution in [3.8, 4) is 11.5 Å². The van der Waals surface area contributed by atoms with E-state index in [-0.39, 0.29) is 17.9 Å². The number of anilines is 3. The Morgan fingerprint density at radius 2 is 1.74 bits per heavy atom. The fourth-order valence-corrected chi connectivity index (χ4v) is 3.99. The Morgan fingerprint density at radius 3 is 2.32 bits per heavy atom. The van der Waals surface area contributed by atoms with Crippen molar-refractivity contribution >= 4 is 34.4 Å². The number of carbonyl (C=O) groups excluding carboxylic acids is 2. The first-order valence-corrected chi connectivity index (χ1v) is 11.3. The molecule has 34 heavy (non-hydrogen) atoms. The average molecular weight is 467 g/mol. The van der Waals surface area contributed by atoms with E-state index in [1.54, 1.807) is 32.1 Å². The summed E-state index contributed by atoms with van der Waals surface area (Å²) in [6, 6.07) is 11.2. The third-order valence-electron chi connectivity index (χ3n) is 5.66. The van der Waals surface area contributed by atoms with Gasteiger partial charge in [-0.15, -0.1) is 0 Å². The lowest BCUT2D eigenvalue weighted by atomic mass is 10.0. The van der Waals surface area contributed by atoms with E-state index in [1.165, 1.54) is 0 Å². The Morgan fingerprint density at radius 1 is 1.09 bits per heavy atom. The highest BCUT2D eigenvalue weighted by Crippen LogP contribution is 2.40. The number of methoxy groups -OCH3 is 2. The van der Waals surface area contributed by atoms with Crippen LogP contribution in [-0.4, -0.2) is 64.2 Å². The topological polar surface area (TPSA) is 83.1 Å². The Balaban J connectivity index is 1.72. The van der Waals surface area contributed by atoms with Gasteiger partial charge in [0.05, 0.1) is 19.9 Å². The van der Waals surface area contributed by atoms with E-state index in [9.17, 15) is 9.59 Å². The van der Waals surface area contributed by atoms with Crippen molar-refractivity contribution in [2.45, 2.75) is 26.3 Å². The number of rotatable bonds is 10. The minimum Gasteiger partial charge on any atom is -0.493 e. The number of amides is 2. The molecule has 8 heteroatoms. The van der Waals surface area contributed by atoms with Gasteiger partial charge in [-0.2, -0.15) is 0 Å². The molecule has 0 bridgehead atoms. The van der Waals surface area contributed by atoms with Crippen LogP contribution in [0.3, 0.4) is 0 Å². The second-order valence-corrected chi connectivity index (χ2v) is 8.59. The van der Waals surface area contributed by atoms with Gasteiger partial charge in [-0.3, -0.25) is 9.59 Å². The van der Waals surface area contributed by atoms with Crippen LogP contribution >= 0.6 is 0 Å². The molecule has 3 rings (SSSR count). The minimum absolute atomic E-state index is 0.0236. The second-order valence-electron chi connectivity index (χ2n) is 8.59. The molecule has 2 aromatic rings.